The molecule has 9 nitrogen and oxygen atoms in total. The van der Waals surface area contributed by atoms with Gasteiger partial charge in [0.15, 0.2) is 5.60 Å². The number of hydrogen-bond acceptors (Lipinski definition) is 6. The van der Waals surface area contributed by atoms with Crippen LogP contribution in [0.4, 0.5) is 11.4 Å². The van der Waals surface area contributed by atoms with E-state index in [2.05, 4.69) is 10.6 Å². The number of rotatable bonds is 10. The monoisotopic (exact) mass is 562 g/mol. The summed E-state index contributed by atoms with van der Waals surface area (Å²) in [7, 11) is 1.65. The molecule has 41 heavy (non-hydrogen) atoms. The molecule has 2 aromatic rings. The second-order valence-corrected chi connectivity index (χ2v) is 11.9. The zero-order chi connectivity index (χ0) is 29.1. The van der Waals surface area contributed by atoms with E-state index in [1.807, 2.05) is 60.4 Å². The minimum Gasteiger partial charge on any atom is -0.476 e. The fraction of sp³-hybridized carbons (Fsp3) is 0.531. The number of ether oxygens (including phenoxy) is 2. The lowest BCUT2D eigenvalue weighted by atomic mass is 9.88. The molecule has 2 fully saturated rings. The van der Waals surface area contributed by atoms with Crippen LogP contribution in [0.15, 0.2) is 48.5 Å². The molecule has 1 saturated heterocycles. The van der Waals surface area contributed by atoms with E-state index in [1.54, 1.807) is 25.9 Å². The Morgan fingerprint density at radius 1 is 1.15 bits per heavy atom. The molecule has 9 heteroatoms. The molecule has 0 bridgehead atoms. The van der Waals surface area contributed by atoms with Crippen LogP contribution in [0.5, 0.6) is 5.75 Å². The molecule has 2 aliphatic heterocycles. The topological polar surface area (TPSA) is 100 Å². The summed E-state index contributed by atoms with van der Waals surface area (Å²) in [5.74, 6) is -0.123. The first-order valence-corrected chi connectivity index (χ1v) is 14.7. The van der Waals surface area contributed by atoms with Crippen molar-refractivity contribution in [3.05, 3.63) is 54.1 Å². The highest BCUT2D eigenvalue weighted by Crippen LogP contribution is 2.43. The van der Waals surface area contributed by atoms with Gasteiger partial charge in [-0.1, -0.05) is 30.3 Å². The van der Waals surface area contributed by atoms with Crippen LogP contribution in [-0.4, -0.2) is 62.7 Å². The molecule has 3 amide bonds. The summed E-state index contributed by atoms with van der Waals surface area (Å²) in [5, 5.41) is 6.46. The van der Waals surface area contributed by atoms with Crippen molar-refractivity contribution in [2.45, 2.75) is 64.1 Å². The van der Waals surface area contributed by atoms with Gasteiger partial charge in [0.05, 0.1) is 23.6 Å². The average molecular weight is 563 g/mol. The van der Waals surface area contributed by atoms with Crippen LogP contribution in [-0.2, 0) is 19.1 Å². The first kappa shape index (κ1) is 29.1. The lowest BCUT2D eigenvalue weighted by Gasteiger charge is -2.39. The second-order valence-electron chi connectivity index (χ2n) is 11.9. The Morgan fingerprint density at radius 2 is 1.88 bits per heavy atom. The number of methoxy groups -OCH3 is 1. The SMILES string of the molecule is COCCCN1C(=O)C(C)(C)Oc2ccc(N(C(=O)[C@H]3CNC[C@@H](C(=O)N[C@@H](C)c4ccccc4)C3)C3CC3)cc21. The predicted octanol–water partition coefficient (Wildman–Crippen LogP) is 3.83. The average Bonchev–Trinajstić information content (AvgIpc) is 3.81. The zero-order valence-corrected chi connectivity index (χ0v) is 24.5. The molecule has 1 saturated carbocycles. The van der Waals surface area contributed by atoms with E-state index in [9.17, 15) is 14.4 Å². The van der Waals surface area contributed by atoms with Crippen molar-refractivity contribution in [2.24, 2.45) is 11.8 Å². The van der Waals surface area contributed by atoms with E-state index in [0.717, 1.165) is 24.1 Å². The van der Waals surface area contributed by atoms with Gasteiger partial charge in [0.2, 0.25) is 11.8 Å². The van der Waals surface area contributed by atoms with E-state index in [0.29, 0.717) is 50.5 Å². The molecule has 5 rings (SSSR count). The molecule has 0 radical (unpaired) electrons. The summed E-state index contributed by atoms with van der Waals surface area (Å²) >= 11 is 0. The van der Waals surface area contributed by atoms with Crippen molar-refractivity contribution >= 4 is 29.1 Å². The molecule has 0 spiro atoms. The van der Waals surface area contributed by atoms with Crippen LogP contribution in [0.1, 0.15) is 58.1 Å². The van der Waals surface area contributed by atoms with Gasteiger partial charge in [0.25, 0.3) is 5.91 Å². The molecule has 0 unspecified atom stereocenters. The minimum absolute atomic E-state index is 0.0166. The van der Waals surface area contributed by atoms with Gasteiger partial charge in [0, 0.05) is 45.1 Å². The number of carbonyl (C=O) groups is 3. The normalized spacial score (nSPS) is 22.3. The summed E-state index contributed by atoms with van der Waals surface area (Å²) in [6.07, 6.45) is 3.04. The van der Waals surface area contributed by atoms with Crippen LogP contribution in [0.2, 0.25) is 0 Å². The van der Waals surface area contributed by atoms with Crippen LogP contribution in [0.3, 0.4) is 0 Å². The third kappa shape index (κ3) is 6.41. The maximum absolute atomic E-state index is 14.0. The predicted molar refractivity (Wildman–Crippen MR) is 158 cm³/mol. The zero-order valence-electron chi connectivity index (χ0n) is 24.5. The van der Waals surface area contributed by atoms with Crippen molar-refractivity contribution in [1.82, 2.24) is 10.6 Å². The molecule has 3 aliphatic rings. The third-order valence-electron chi connectivity index (χ3n) is 8.25. The Bertz CT molecular complexity index is 1260. The van der Waals surface area contributed by atoms with Gasteiger partial charge >= 0.3 is 0 Å². The van der Waals surface area contributed by atoms with E-state index in [1.165, 1.54) is 0 Å². The number of anilines is 2. The summed E-state index contributed by atoms with van der Waals surface area (Å²) < 4.78 is 11.3. The molecule has 3 atom stereocenters. The number of benzene rings is 2. The lowest BCUT2D eigenvalue weighted by Crippen LogP contribution is -2.53. The lowest BCUT2D eigenvalue weighted by molar-refractivity contribution is -0.132. The molecular formula is C32H42N4O5. The summed E-state index contributed by atoms with van der Waals surface area (Å²) in [4.78, 5) is 44.2. The smallest absolute Gasteiger partial charge is 0.270 e. The number of nitrogens with zero attached hydrogens (tertiary/aromatic N) is 2. The van der Waals surface area contributed by atoms with Gasteiger partial charge in [-0.05, 0) is 70.2 Å². The molecular weight excluding hydrogens is 520 g/mol. The molecule has 2 N–H and O–H groups in total. The number of carbonyl (C=O) groups excluding carboxylic acids is 3. The first-order valence-electron chi connectivity index (χ1n) is 14.7. The van der Waals surface area contributed by atoms with Gasteiger partial charge in [0.1, 0.15) is 5.75 Å². The van der Waals surface area contributed by atoms with Gasteiger partial charge < -0.3 is 29.9 Å². The van der Waals surface area contributed by atoms with Crippen molar-refractivity contribution in [2.75, 3.05) is 43.2 Å². The number of amides is 3. The Morgan fingerprint density at radius 3 is 2.59 bits per heavy atom. The van der Waals surface area contributed by atoms with Crippen LogP contribution >= 0.6 is 0 Å². The van der Waals surface area contributed by atoms with E-state index in [-0.39, 0.29) is 41.6 Å². The summed E-state index contributed by atoms with van der Waals surface area (Å²) in [6.45, 7) is 7.65. The molecule has 0 aromatic heterocycles. The highest BCUT2D eigenvalue weighted by Gasteiger charge is 2.43. The van der Waals surface area contributed by atoms with Crippen LogP contribution in [0.25, 0.3) is 0 Å². The Hall–Kier alpha value is -3.43. The van der Waals surface area contributed by atoms with E-state index >= 15 is 0 Å². The minimum atomic E-state index is -0.977. The summed E-state index contributed by atoms with van der Waals surface area (Å²) in [6, 6.07) is 15.6. The second kappa shape index (κ2) is 12.2. The standard InChI is InChI=1S/C32H42N4O5/c1-21(22-9-6-5-7-10-22)34-29(37)23-17-24(20-33-19-23)30(38)36(25-11-12-25)26-13-14-28-27(18-26)35(15-8-16-40-4)31(39)32(2,3)41-28/h5-7,9-10,13-14,18,21,23-25,33H,8,11-12,15-17,19-20H2,1-4H3,(H,34,37)/t21-,23-,24+/m0/s1. The van der Waals surface area contributed by atoms with Gasteiger partial charge in [-0.15, -0.1) is 0 Å². The number of piperidine rings is 1. The van der Waals surface area contributed by atoms with Crippen LogP contribution < -0.4 is 25.2 Å². The maximum Gasteiger partial charge on any atom is 0.270 e. The van der Waals surface area contributed by atoms with Gasteiger partial charge in [-0.25, -0.2) is 0 Å². The van der Waals surface area contributed by atoms with Crippen molar-refractivity contribution in [1.29, 1.82) is 0 Å². The van der Waals surface area contributed by atoms with Gasteiger partial charge in [-0.3, -0.25) is 14.4 Å². The number of nitrogens with one attached hydrogen (secondary N) is 2. The molecule has 2 aromatic carbocycles. The molecule has 1 aliphatic carbocycles. The van der Waals surface area contributed by atoms with Crippen molar-refractivity contribution < 1.29 is 23.9 Å². The fourth-order valence-corrected chi connectivity index (χ4v) is 5.83. The highest BCUT2D eigenvalue weighted by atomic mass is 16.5. The Labute approximate surface area is 242 Å². The van der Waals surface area contributed by atoms with Crippen molar-refractivity contribution in [3.63, 3.8) is 0 Å². The maximum atomic E-state index is 14.0. The highest BCUT2D eigenvalue weighted by molar-refractivity contribution is 6.04. The largest absolute Gasteiger partial charge is 0.476 e. The Kier molecular flexibility index (Phi) is 8.66. The number of hydrogen-bond donors (Lipinski definition) is 2. The van der Waals surface area contributed by atoms with E-state index < -0.39 is 5.60 Å². The molecule has 220 valence electrons. The summed E-state index contributed by atoms with van der Waals surface area (Å²) in [5.41, 5.74) is 1.50. The Balaban J connectivity index is 1.33. The van der Waals surface area contributed by atoms with Gasteiger partial charge in [-0.2, -0.15) is 0 Å². The molecule has 2 heterocycles. The van der Waals surface area contributed by atoms with Crippen LogP contribution in [0, 0.1) is 11.8 Å². The first-order chi connectivity index (χ1) is 19.7. The quantitative estimate of drug-likeness (QED) is 0.427. The fourth-order valence-electron chi connectivity index (χ4n) is 5.83. The third-order valence-corrected chi connectivity index (χ3v) is 8.25. The van der Waals surface area contributed by atoms with E-state index in [4.69, 9.17) is 9.47 Å². The van der Waals surface area contributed by atoms with Crippen molar-refractivity contribution in [3.8, 4) is 5.75 Å². The number of fused-ring (bicyclic) bond motifs is 1.